The van der Waals surface area contributed by atoms with Crippen LogP contribution in [0.25, 0.3) is 0 Å². The summed E-state index contributed by atoms with van der Waals surface area (Å²) in [7, 11) is 0. The molecule has 1 N–H and O–H groups in total. The lowest BCUT2D eigenvalue weighted by Gasteiger charge is -2.37. The molecule has 0 bridgehead atoms. The minimum absolute atomic E-state index is 0.623. The van der Waals surface area contributed by atoms with Gasteiger partial charge in [0.05, 0.1) is 10.7 Å². The van der Waals surface area contributed by atoms with E-state index in [0.717, 1.165) is 31.9 Å². The van der Waals surface area contributed by atoms with Gasteiger partial charge in [0.25, 0.3) is 0 Å². The first kappa shape index (κ1) is 17.5. The second-order valence-electron chi connectivity index (χ2n) is 5.36. The molecule has 3 rings (SSSR count). The molecule has 24 heavy (non-hydrogen) atoms. The van der Waals surface area contributed by atoms with Gasteiger partial charge in [-0.3, -0.25) is 0 Å². The van der Waals surface area contributed by atoms with E-state index >= 15 is 0 Å². The Bertz CT molecular complexity index is 748. The highest BCUT2D eigenvalue weighted by Crippen LogP contribution is 2.29. The third-order valence-corrected chi connectivity index (χ3v) is 4.91. The van der Waals surface area contributed by atoms with Crippen LogP contribution in [0.2, 0.25) is 15.1 Å². The summed E-state index contributed by atoms with van der Waals surface area (Å²) in [5.74, 6) is 0.649. The van der Waals surface area contributed by atoms with E-state index in [1.54, 1.807) is 24.4 Å². The minimum Gasteiger partial charge on any atom is -0.367 e. The predicted octanol–water partition coefficient (Wildman–Crippen LogP) is 4.56. The molecule has 0 atom stereocenters. The van der Waals surface area contributed by atoms with Gasteiger partial charge in [0.2, 0.25) is 0 Å². The van der Waals surface area contributed by atoms with Gasteiger partial charge in [0.15, 0.2) is 5.11 Å². The average Bonchev–Trinajstić information content (AvgIpc) is 2.55. The first-order valence-corrected chi connectivity index (χ1v) is 8.94. The van der Waals surface area contributed by atoms with Crippen molar-refractivity contribution in [2.75, 3.05) is 36.4 Å². The van der Waals surface area contributed by atoms with Crippen molar-refractivity contribution < 1.29 is 0 Å². The van der Waals surface area contributed by atoms with Crippen LogP contribution in [-0.2, 0) is 0 Å². The van der Waals surface area contributed by atoms with Crippen LogP contribution in [0.5, 0.6) is 0 Å². The van der Waals surface area contributed by atoms with Crippen LogP contribution in [0.4, 0.5) is 11.5 Å². The zero-order chi connectivity index (χ0) is 17.1. The Morgan fingerprint density at radius 2 is 1.71 bits per heavy atom. The molecule has 0 saturated carbocycles. The molecule has 0 radical (unpaired) electrons. The standard InChI is InChI=1S/C16H15Cl3N4S/c17-11-1-2-14(13(19)9-11)22-5-7-23(8-6-22)16(24)21-15-10-12(18)3-4-20-15/h1-4,9-10H,5-8H2,(H,20,21,24). The first-order valence-electron chi connectivity index (χ1n) is 7.40. The van der Waals surface area contributed by atoms with Crippen molar-refractivity contribution in [1.29, 1.82) is 0 Å². The lowest BCUT2D eigenvalue weighted by molar-refractivity contribution is 0.391. The highest BCUT2D eigenvalue weighted by atomic mass is 35.5. The molecule has 1 aliphatic heterocycles. The smallest absolute Gasteiger partial charge is 0.174 e. The van der Waals surface area contributed by atoms with Crippen LogP contribution in [0.15, 0.2) is 36.5 Å². The summed E-state index contributed by atoms with van der Waals surface area (Å²) < 4.78 is 0. The Labute approximate surface area is 161 Å². The Morgan fingerprint density at radius 3 is 2.38 bits per heavy atom. The second-order valence-corrected chi connectivity index (χ2v) is 7.03. The maximum atomic E-state index is 6.29. The van der Waals surface area contributed by atoms with Gasteiger partial charge in [-0.15, -0.1) is 0 Å². The maximum absolute atomic E-state index is 6.29. The Balaban J connectivity index is 1.59. The van der Waals surface area contributed by atoms with Crippen LogP contribution in [-0.4, -0.2) is 41.2 Å². The van der Waals surface area contributed by atoms with Gasteiger partial charge in [0, 0.05) is 42.4 Å². The van der Waals surface area contributed by atoms with Gasteiger partial charge in [0.1, 0.15) is 5.82 Å². The maximum Gasteiger partial charge on any atom is 0.174 e. The van der Waals surface area contributed by atoms with Crippen molar-refractivity contribution in [2.45, 2.75) is 0 Å². The number of halogens is 3. The fourth-order valence-corrected chi connectivity index (χ4v) is 3.52. The van der Waals surface area contributed by atoms with E-state index in [2.05, 4.69) is 20.1 Å². The van der Waals surface area contributed by atoms with Crippen molar-refractivity contribution in [3.8, 4) is 0 Å². The first-order chi connectivity index (χ1) is 11.5. The third kappa shape index (κ3) is 4.22. The molecule has 0 aliphatic carbocycles. The summed E-state index contributed by atoms with van der Waals surface area (Å²) in [6, 6.07) is 9.04. The zero-order valence-electron chi connectivity index (χ0n) is 12.7. The molecule has 1 aliphatic rings. The number of rotatable bonds is 2. The lowest BCUT2D eigenvalue weighted by Crippen LogP contribution is -2.50. The molecule has 2 heterocycles. The van der Waals surface area contributed by atoms with Crippen LogP contribution in [0.1, 0.15) is 0 Å². The van der Waals surface area contributed by atoms with Crippen molar-refractivity contribution in [3.05, 3.63) is 51.6 Å². The number of thiocarbonyl (C=S) groups is 1. The van der Waals surface area contributed by atoms with Crippen molar-refractivity contribution in [1.82, 2.24) is 9.88 Å². The predicted molar refractivity (Wildman–Crippen MR) is 106 cm³/mol. The van der Waals surface area contributed by atoms with Crippen LogP contribution in [0.3, 0.4) is 0 Å². The molecule has 1 fully saturated rings. The van der Waals surface area contributed by atoms with Gasteiger partial charge in [-0.1, -0.05) is 34.8 Å². The van der Waals surface area contributed by atoms with Crippen LogP contribution in [0, 0.1) is 0 Å². The van der Waals surface area contributed by atoms with Crippen molar-refractivity contribution >= 4 is 63.6 Å². The number of aromatic nitrogens is 1. The summed E-state index contributed by atoms with van der Waals surface area (Å²) in [5, 5.41) is 5.70. The molecule has 0 amide bonds. The van der Waals surface area contributed by atoms with E-state index in [1.165, 1.54) is 0 Å². The highest BCUT2D eigenvalue weighted by Gasteiger charge is 2.21. The average molecular weight is 402 g/mol. The van der Waals surface area contributed by atoms with Gasteiger partial charge in [-0.25, -0.2) is 4.98 Å². The van der Waals surface area contributed by atoms with Crippen molar-refractivity contribution in [3.63, 3.8) is 0 Å². The highest BCUT2D eigenvalue weighted by molar-refractivity contribution is 7.80. The molecule has 8 heteroatoms. The van der Waals surface area contributed by atoms with E-state index < -0.39 is 0 Å². The van der Waals surface area contributed by atoms with Crippen LogP contribution >= 0.6 is 47.0 Å². The molecule has 1 aromatic heterocycles. The van der Waals surface area contributed by atoms with Crippen LogP contribution < -0.4 is 10.2 Å². The molecular weight excluding hydrogens is 387 g/mol. The van der Waals surface area contributed by atoms with E-state index in [1.807, 2.05) is 12.1 Å². The quantitative estimate of drug-likeness (QED) is 0.746. The van der Waals surface area contributed by atoms with E-state index in [4.69, 9.17) is 47.0 Å². The van der Waals surface area contributed by atoms with Gasteiger partial charge >= 0.3 is 0 Å². The third-order valence-electron chi connectivity index (χ3n) is 3.77. The summed E-state index contributed by atoms with van der Waals surface area (Å²) in [4.78, 5) is 8.55. The molecule has 4 nitrogen and oxygen atoms in total. The van der Waals surface area contributed by atoms with E-state index in [-0.39, 0.29) is 0 Å². The molecule has 126 valence electrons. The SMILES string of the molecule is S=C(Nc1cc(Cl)ccn1)N1CCN(c2ccc(Cl)cc2Cl)CC1. The molecular formula is C16H15Cl3N4S. The Kier molecular flexibility index (Phi) is 5.66. The molecule has 0 spiro atoms. The normalized spacial score (nSPS) is 14.6. The Hall–Kier alpha value is -1.27. The number of piperazine rings is 1. The number of pyridine rings is 1. The van der Waals surface area contributed by atoms with E-state index in [9.17, 15) is 0 Å². The zero-order valence-corrected chi connectivity index (χ0v) is 15.8. The summed E-state index contributed by atoms with van der Waals surface area (Å²) in [5.41, 5.74) is 0.996. The fraction of sp³-hybridized carbons (Fsp3) is 0.250. The second kappa shape index (κ2) is 7.74. The summed E-state index contributed by atoms with van der Waals surface area (Å²) >= 11 is 23.7. The molecule has 1 aromatic carbocycles. The number of hydrogen-bond donors (Lipinski definition) is 1. The summed E-state index contributed by atoms with van der Waals surface area (Å²) in [6.45, 7) is 3.25. The van der Waals surface area contributed by atoms with Gasteiger partial charge < -0.3 is 15.1 Å². The fourth-order valence-electron chi connectivity index (χ4n) is 2.55. The number of anilines is 2. The largest absolute Gasteiger partial charge is 0.367 e. The molecule has 1 saturated heterocycles. The van der Waals surface area contributed by atoms with E-state index in [0.29, 0.717) is 26.0 Å². The molecule has 0 unspecified atom stereocenters. The number of nitrogens with one attached hydrogen (secondary N) is 1. The minimum atomic E-state index is 0.623. The number of nitrogens with zero attached hydrogens (tertiary/aromatic N) is 3. The van der Waals surface area contributed by atoms with Gasteiger partial charge in [-0.05, 0) is 42.5 Å². The van der Waals surface area contributed by atoms with Crippen molar-refractivity contribution in [2.24, 2.45) is 0 Å². The van der Waals surface area contributed by atoms with Gasteiger partial charge in [-0.2, -0.15) is 0 Å². The number of hydrogen-bond acceptors (Lipinski definition) is 3. The monoisotopic (exact) mass is 400 g/mol. The lowest BCUT2D eigenvalue weighted by atomic mass is 10.2. The molecule has 2 aromatic rings. The number of benzene rings is 1. The summed E-state index contributed by atoms with van der Waals surface area (Å²) in [6.07, 6.45) is 1.65. The topological polar surface area (TPSA) is 31.4 Å². The Morgan fingerprint density at radius 1 is 1.00 bits per heavy atom.